The lowest BCUT2D eigenvalue weighted by Crippen LogP contribution is -2.34. The van der Waals surface area contributed by atoms with Gasteiger partial charge in [0, 0.05) is 19.1 Å². The van der Waals surface area contributed by atoms with E-state index in [4.69, 9.17) is 10.00 Å². The van der Waals surface area contributed by atoms with Crippen LogP contribution in [0.3, 0.4) is 0 Å². The van der Waals surface area contributed by atoms with Gasteiger partial charge in [-0.05, 0) is 25.7 Å². The summed E-state index contributed by atoms with van der Waals surface area (Å²) < 4.78 is 5.45. The highest BCUT2D eigenvalue weighted by Crippen LogP contribution is 2.16. The molecule has 1 amide bonds. The van der Waals surface area contributed by atoms with Crippen LogP contribution < -0.4 is 5.32 Å². The van der Waals surface area contributed by atoms with Crippen molar-refractivity contribution < 1.29 is 9.53 Å². The van der Waals surface area contributed by atoms with E-state index in [0.717, 1.165) is 32.3 Å². The quantitative estimate of drug-likeness (QED) is 0.747. The van der Waals surface area contributed by atoms with Crippen LogP contribution in [-0.4, -0.2) is 24.7 Å². The number of carbonyl (C=O) groups is 1. The molecule has 4 heteroatoms. The fourth-order valence-corrected chi connectivity index (χ4v) is 1.87. The van der Waals surface area contributed by atoms with Gasteiger partial charge in [0.1, 0.15) is 0 Å². The van der Waals surface area contributed by atoms with E-state index < -0.39 is 0 Å². The number of nitrogens with one attached hydrogen (secondary N) is 1. The van der Waals surface area contributed by atoms with Gasteiger partial charge >= 0.3 is 0 Å². The van der Waals surface area contributed by atoms with Gasteiger partial charge in [0.25, 0.3) is 0 Å². The van der Waals surface area contributed by atoms with Gasteiger partial charge in [-0.15, -0.1) is 0 Å². The van der Waals surface area contributed by atoms with E-state index in [0.29, 0.717) is 12.8 Å². The summed E-state index contributed by atoms with van der Waals surface area (Å²) in [5, 5.41) is 11.4. The third-order valence-electron chi connectivity index (χ3n) is 2.91. The number of amides is 1. The third-order valence-corrected chi connectivity index (χ3v) is 2.91. The summed E-state index contributed by atoms with van der Waals surface area (Å²) in [7, 11) is 0. The number of nitriles is 1. The smallest absolute Gasteiger partial charge is 0.220 e. The summed E-state index contributed by atoms with van der Waals surface area (Å²) in [5.74, 6) is 0.0394. The summed E-state index contributed by atoms with van der Waals surface area (Å²) in [6.45, 7) is 2.81. The second kappa shape index (κ2) is 7.24. The molecular formula is C12H20N2O2. The minimum atomic E-state index is 0.00185. The number of hydrogen-bond donors (Lipinski definition) is 1. The fourth-order valence-electron chi connectivity index (χ4n) is 1.87. The van der Waals surface area contributed by atoms with Gasteiger partial charge < -0.3 is 10.1 Å². The maximum atomic E-state index is 11.6. The van der Waals surface area contributed by atoms with Crippen molar-refractivity contribution >= 4 is 5.91 Å². The molecule has 1 heterocycles. The molecule has 0 spiro atoms. The largest absolute Gasteiger partial charge is 0.378 e. The molecule has 1 fully saturated rings. The van der Waals surface area contributed by atoms with Crippen LogP contribution in [-0.2, 0) is 9.53 Å². The second-order valence-corrected chi connectivity index (χ2v) is 4.21. The highest BCUT2D eigenvalue weighted by molar-refractivity contribution is 5.76. The third kappa shape index (κ3) is 4.63. The monoisotopic (exact) mass is 224 g/mol. The molecule has 4 nitrogen and oxygen atoms in total. The molecule has 16 heavy (non-hydrogen) atoms. The zero-order valence-corrected chi connectivity index (χ0v) is 9.87. The van der Waals surface area contributed by atoms with Crippen LogP contribution in [0.1, 0.15) is 45.4 Å². The minimum absolute atomic E-state index is 0.00185. The summed E-state index contributed by atoms with van der Waals surface area (Å²) in [5.41, 5.74) is 0. The Morgan fingerprint density at radius 3 is 3.06 bits per heavy atom. The van der Waals surface area contributed by atoms with E-state index in [-0.39, 0.29) is 18.1 Å². The first-order valence-corrected chi connectivity index (χ1v) is 6.04. The molecule has 2 atom stereocenters. The normalized spacial score (nSPS) is 21.4. The molecule has 1 aliphatic heterocycles. The Bertz CT molecular complexity index is 254. The topological polar surface area (TPSA) is 62.1 Å². The molecular weight excluding hydrogens is 204 g/mol. The summed E-state index contributed by atoms with van der Waals surface area (Å²) in [6.07, 6.45) is 4.95. The van der Waals surface area contributed by atoms with E-state index in [1.54, 1.807) is 0 Å². The average Bonchev–Trinajstić information content (AvgIpc) is 2.78. The molecule has 0 radical (unpaired) electrons. The van der Waals surface area contributed by atoms with Crippen molar-refractivity contribution in [2.75, 3.05) is 6.61 Å². The molecule has 0 aliphatic carbocycles. The minimum Gasteiger partial charge on any atom is -0.378 e. The molecule has 1 saturated heterocycles. The SMILES string of the molecule is CCC(CC#N)NC(=O)CCC1CCCO1. The van der Waals surface area contributed by atoms with Crippen LogP contribution >= 0.6 is 0 Å². The van der Waals surface area contributed by atoms with Gasteiger partial charge in [0.15, 0.2) is 0 Å². The molecule has 0 aromatic heterocycles. The summed E-state index contributed by atoms with van der Waals surface area (Å²) in [4.78, 5) is 11.6. The lowest BCUT2D eigenvalue weighted by Gasteiger charge is -2.14. The Morgan fingerprint density at radius 2 is 2.50 bits per heavy atom. The Balaban J connectivity index is 2.16. The maximum absolute atomic E-state index is 11.6. The van der Waals surface area contributed by atoms with Crippen molar-refractivity contribution in [1.29, 1.82) is 5.26 Å². The first-order chi connectivity index (χ1) is 7.76. The van der Waals surface area contributed by atoms with Gasteiger partial charge in [0.05, 0.1) is 18.6 Å². The summed E-state index contributed by atoms with van der Waals surface area (Å²) >= 11 is 0. The number of hydrogen-bond acceptors (Lipinski definition) is 3. The lowest BCUT2D eigenvalue weighted by molar-refractivity contribution is -0.122. The molecule has 0 bridgehead atoms. The van der Waals surface area contributed by atoms with Gasteiger partial charge in [0.2, 0.25) is 5.91 Å². The molecule has 1 N–H and O–H groups in total. The van der Waals surface area contributed by atoms with Crippen molar-refractivity contribution in [2.24, 2.45) is 0 Å². The van der Waals surface area contributed by atoms with Crippen molar-refractivity contribution in [3.05, 3.63) is 0 Å². The number of carbonyl (C=O) groups excluding carboxylic acids is 1. The average molecular weight is 224 g/mol. The first-order valence-electron chi connectivity index (χ1n) is 6.04. The summed E-state index contributed by atoms with van der Waals surface area (Å²) in [6, 6.07) is 2.08. The molecule has 90 valence electrons. The van der Waals surface area contributed by atoms with E-state index in [9.17, 15) is 4.79 Å². The predicted octanol–water partition coefficient (Wildman–Crippen LogP) is 1.75. The zero-order valence-electron chi connectivity index (χ0n) is 9.87. The van der Waals surface area contributed by atoms with Crippen LogP contribution in [0, 0.1) is 11.3 Å². The van der Waals surface area contributed by atoms with Crippen LogP contribution in [0.2, 0.25) is 0 Å². The Labute approximate surface area is 97.0 Å². The van der Waals surface area contributed by atoms with E-state index >= 15 is 0 Å². The van der Waals surface area contributed by atoms with Crippen LogP contribution in [0.25, 0.3) is 0 Å². The van der Waals surface area contributed by atoms with Crippen molar-refractivity contribution in [2.45, 2.75) is 57.6 Å². The predicted molar refractivity (Wildman–Crippen MR) is 60.7 cm³/mol. The van der Waals surface area contributed by atoms with Gasteiger partial charge in [-0.1, -0.05) is 6.92 Å². The Morgan fingerprint density at radius 1 is 1.69 bits per heavy atom. The van der Waals surface area contributed by atoms with Gasteiger partial charge in [-0.25, -0.2) is 0 Å². The fraction of sp³-hybridized carbons (Fsp3) is 0.833. The van der Waals surface area contributed by atoms with Crippen LogP contribution in [0.15, 0.2) is 0 Å². The van der Waals surface area contributed by atoms with E-state index in [1.165, 1.54) is 0 Å². The van der Waals surface area contributed by atoms with Crippen molar-refractivity contribution in [1.82, 2.24) is 5.32 Å². The zero-order chi connectivity index (χ0) is 11.8. The van der Waals surface area contributed by atoms with Gasteiger partial charge in [-0.3, -0.25) is 4.79 Å². The highest BCUT2D eigenvalue weighted by atomic mass is 16.5. The Hall–Kier alpha value is -1.08. The molecule has 2 unspecified atom stereocenters. The molecule has 1 rings (SSSR count). The second-order valence-electron chi connectivity index (χ2n) is 4.21. The van der Waals surface area contributed by atoms with Crippen LogP contribution in [0.4, 0.5) is 0 Å². The number of nitrogens with zero attached hydrogens (tertiary/aromatic N) is 1. The van der Waals surface area contributed by atoms with Gasteiger partial charge in [-0.2, -0.15) is 5.26 Å². The van der Waals surface area contributed by atoms with Crippen molar-refractivity contribution in [3.63, 3.8) is 0 Å². The number of rotatable bonds is 6. The molecule has 0 aromatic rings. The molecule has 0 saturated carbocycles. The number of ether oxygens (including phenoxy) is 1. The standard InChI is InChI=1S/C12H20N2O2/c1-2-10(7-8-13)14-12(15)6-5-11-4-3-9-16-11/h10-11H,2-7,9H2,1H3,(H,14,15). The molecule has 0 aromatic carbocycles. The maximum Gasteiger partial charge on any atom is 0.220 e. The van der Waals surface area contributed by atoms with Crippen LogP contribution in [0.5, 0.6) is 0 Å². The Kier molecular flexibility index (Phi) is 5.87. The van der Waals surface area contributed by atoms with E-state index in [2.05, 4.69) is 11.4 Å². The molecule has 1 aliphatic rings. The first kappa shape index (κ1) is 13.0. The lowest BCUT2D eigenvalue weighted by atomic mass is 10.1. The highest BCUT2D eigenvalue weighted by Gasteiger charge is 2.17. The van der Waals surface area contributed by atoms with E-state index in [1.807, 2.05) is 6.92 Å². The van der Waals surface area contributed by atoms with Crippen molar-refractivity contribution in [3.8, 4) is 6.07 Å².